The Hall–Kier alpha value is -1.35. The molecule has 108 valence electrons. The molecule has 3 atom stereocenters. The molecule has 1 aliphatic carbocycles. The van der Waals surface area contributed by atoms with Gasteiger partial charge in [-0.2, -0.15) is 0 Å². The molecule has 3 rings (SSSR count). The van der Waals surface area contributed by atoms with Gasteiger partial charge in [0, 0.05) is 12.5 Å². The minimum atomic E-state index is 0.263. The Labute approximate surface area is 121 Å². The molecule has 20 heavy (non-hydrogen) atoms. The van der Waals surface area contributed by atoms with Gasteiger partial charge in [0.25, 0.3) is 0 Å². The SMILES string of the molecule is CCCc1nc2ccccc2n1C1CC(C)CCC1N. The lowest BCUT2D eigenvalue weighted by Crippen LogP contribution is -2.37. The summed E-state index contributed by atoms with van der Waals surface area (Å²) in [5, 5.41) is 0. The third-order valence-electron chi connectivity index (χ3n) is 4.60. The molecular formula is C17H25N3. The Balaban J connectivity index is 2.09. The second-order valence-electron chi connectivity index (χ2n) is 6.29. The highest BCUT2D eigenvalue weighted by Gasteiger charge is 2.29. The zero-order valence-electron chi connectivity index (χ0n) is 12.5. The highest BCUT2D eigenvalue weighted by atomic mass is 15.1. The zero-order chi connectivity index (χ0) is 14.1. The number of nitrogens with zero attached hydrogens (tertiary/aromatic N) is 2. The maximum atomic E-state index is 6.44. The smallest absolute Gasteiger partial charge is 0.110 e. The molecule has 1 heterocycles. The van der Waals surface area contributed by atoms with Crippen LogP contribution in [0, 0.1) is 5.92 Å². The van der Waals surface area contributed by atoms with E-state index in [1.54, 1.807) is 0 Å². The second-order valence-corrected chi connectivity index (χ2v) is 6.29. The number of nitrogens with two attached hydrogens (primary N) is 1. The molecule has 0 saturated heterocycles. The Morgan fingerprint density at radius 2 is 2.10 bits per heavy atom. The molecule has 1 aromatic heterocycles. The average molecular weight is 271 g/mol. The van der Waals surface area contributed by atoms with E-state index in [4.69, 9.17) is 10.7 Å². The quantitative estimate of drug-likeness (QED) is 0.925. The van der Waals surface area contributed by atoms with Crippen molar-refractivity contribution in [2.75, 3.05) is 0 Å². The third kappa shape index (κ3) is 2.35. The normalized spacial score (nSPS) is 27.1. The zero-order valence-corrected chi connectivity index (χ0v) is 12.5. The van der Waals surface area contributed by atoms with Crippen LogP contribution in [-0.2, 0) is 6.42 Å². The van der Waals surface area contributed by atoms with Gasteiger partial charge >= 0.3 is 0 Å². The van der Waals surface area contributed by atoms with Gasteiger partial charge in [0.15, 0.2) is 0 Å². The first-order chi connectivity index (χ1) is 9.70. The van der Waals surface area contributed by atoms with Gasteiger partial charge < -0.3 is 10.3 Å². The molecule has 0 spiro atoms. The summed E-state index contributed by atoms with van der Waals surface area (Å²) in [7, 11) is 0. The van der Waals surface area contributed by atoms with Gasteiger partial charge in [-0.05, 0) is 43.7 Å². The number of benzene rings is 1. The van der Waals surface area contributed by atoms with Crippen LogP contribution in [0.3, 0.4) is 0 Å². The predicted molar refractivity (Wildman–Crippen MR) is 83.8 cm³/mol. The van der Waals surface area contributed by atoms with Gasteiger partial charge in [-0.1, -0.05) is 26.0 Å². The maximum absolute atomic E-state index is 6.44. The molecule has 0 aliphatic heterocycles. The van der Waals surface area contributed by atoms with Crippen LogP contribution in [0.2, 0.25) is 0 Å². The van der Waals surface area contributed by atoms with Crippen molar-refractivity contribution in [1.29, 1.82) is 0 Å². The topological polar surface area (TPSA) is 43.8 Å². The lowest BCUT2D eigenvalue weighted by Gasteiger charge is -2.34. The maximum Gasteiger partial charge on any atom is 0.110 e. The highest BCUT2D eigenvalue weighted by molar-refractivity contribution is 5.76. The largest absolute Gasteiger partial charge is 0.326 e. The Morgan fingerprint density at radius 1 is 1.30 bits per heavy atom. The van der Waals surface area contributed by atoms with Gasteiger partial charge in [-0.15, -0.1) is 0 Å². The van der Waals surface area contributed by atoms with Crippen molar-refractivity contribution in [3.8, 4) is 0 Å². The van der Waals surface area contributed by atoms with Crippen LogP contribution in [0.5, 0.6) is 0 Å². The Bertz CT molecular complexity index is 587. The van der Waals surface area contributed by atoms with Crippen LogP contribution in [0.1, 0.15) is 51.4 Å². The molecule has 1 saturated carbocycles. The van der Waals surface area contributed by atoms with E-state index in [2.05, 4.69) is 42.7 Å². The fourth-order valence-corrected chi connectivity index (χ4v) is 3.54. The van der Waals surface area contributed by atoms with Crippen molar-refractivity contribution in [2.45, 2.75) is 58.0 Å². The number of para-hydroxylation sites is 2. The van der Waals surface area contributed by atoms with Crippen LogP contribution in [0.15, 0.2) is 24.3 Å². The molecule has 0 bridgehead atoms. The summed E-state index contributed by atoms with van der Waals surface area (Å²) in [4.78, 5) is 4.84. The van der Waals surface area contributed by atoms with Gasteiger partial charge in [-0.25, -0.2) is 4.98 Å². The molecule has 0 amide bonds. The summed E-state index contributed by atoms with van der Waals surface area (Å²) in [5.74, 6) is 1.97. The van der Waals surface area contributed by atoms with E-state index in [0.717, 1.165) is 30.7 Å². The fourth-order valence-electron chi connectivity index (χ4n) is 3.54. The number of fused-ring (bicyclic) bond motifs is 1. The van der Waals surface area contributed by atoms with Gasteiger partial charge in [0.05, 0.1) is 17.1 Å². The fraction of sp³-hybridized carbons (Fsp3) is 0.588. The summed E-state index contributed by atoms with van der Waals surface area (Å²) in [6.45, 7) is 4.56. The van der Waals surface area contributed by atoms with Crippen LogP contribution in [0.4, 0.5) is 0 Å². The average Bonchev–Trinajstić information content (AvgIpc) is 2.80. The van der Waals surface area contributed by atoms with E-state index >= 15 is 0 Å². The summed E-state index contributed by atoms with van der Waals surface area (Å²) < 4.78 is 2.44. The number of aromatic nitrogens is 2. The Morgan fingerprint density at radius 3 is 2.90 bits per heavy atom. The van der Waals surface area contributed by atoms with Crippen molar-refractivity contribution in [3.05, 3.63) is 30.1 Å². The molecular weight excluding hydrogens is 246 g/mol. The molecule has 3 heteroatoms. The third-order valence-corrected chi connectivity index (χ3v) is 4.60. The number of hydrogen-bond acceptors (Lipinski definition) is 2. The molecule has 3 unspecified atom stereocenters. The van der Waals surface area contributed by atoms with E-state index in [1.165, 1.54) is 24.2 Å². The van der Waals surface area contributed by atoms with Crippen molar-refractivity contribution < 1.29 is 0 Å². The minimum Gasteiger partial charge on any atom is -0.326 e. The standard InChI is InChI=1S/C17H25N3/c1-3-6-17-19-14-7-4-5-8-15(14)20(17)16-11-12(2)9-10-13(16)18/h4-5,7-8,12-13,16H,3,6,9-11,18H2,1-2H3. The van der Waals surface area contributed by atoms with Crippen LogP contribution < -0.4 is 5.73 Å². The van der Waals surface area contributed by atoms with Crippen molar-refractivity contribution in [2.24, 2.45) is 11.7 Å². The molecule has 1 aliphatic rings. The monoisotopic (exact) mass is 271 g/mol. The predicted octanol–water partition coefficient (Wildman–Crippen LogP) is 3.68. The lowest BCUT2D eigenvalue weighted by atomic mass is 9.83. The molecule has 1 aromatic carbocycles. The lowest BCUT2D eigenvalue weighted by molar-refractivity contribution is 0.247. The Kier molecular flexibility index (Phi) is 3.79. The molecule has 0 radical (unpaired) electrons. The number of aryl methyl sites for hydroxylation is 1. The van der Waals surface area contributed by atoms with Gasteiger partial charge in [0.1, 0.15) is 5.82 Å². The minimum absolute atomic E-state index is 0.263. The number of hydrogen-bond donors (Lipinski definition) is 1. The first-order valence-corrected chi connectivity index (χ1v) is 7.92. The van der Waals surface area contributed by atoms with E-state index in [1.807, 2.05) is 0 Å². The first kappa shape index (κ1) is 13.6. The summed E-state index contributed by atoms with van der Waals surface area (Å²) in [6, 6.07) is 9.15. The molecule has 1 fully saturated rings. The first-order valence-electron chi connectivity index (χ1n) is 7.92. The summed E-state index contributed by atoms with van der Waals surface area (Å²) >= 11 is 0. The van der Waals surface area contributed by atoms with Crippen molar-refractivity contribution in [3.63, 3.8) is 0 Å². The summed E-state index contributed by atoms with van der Waals surface area (Å²) in [6.07, 6.45) is 5.72. The van der Waals surface area contributed by atoms with Crippen LogP contribution >= 0.6 is 0 Å². The summed E-state index contributed by atoms with van der Waals surface area (Å²) in [5.41, 5.74) is 8.81. The van der Waals surface area contributed by atoms with E-state index in [9.17, 15) is 0 Å². The number of rotatable bonds is 3. The van der Waals surface area contributed by atoms with Crippen molar-refractivity contribution in [1.82, 2.24) is 9.55 Å². The van der Waals surface area contributed by atoms with E-state index in [0.29, 0.717) is 6.04 Å². The molecule has 2 N–H and O–H groups in total. The van der Waals surface area contributed by atoms with Gasteiger partial charge in [0.2, 0.25) is 0 Å². The second kappa shape index (κ2) is 5.57. The molecule has 2 aromatic rings. The van der Waals surface area contributed by atoms with Crippen LogP contribution in [0.25, 0.3) is 11.0 Å². The van der Waals surface area contributed by atoms with Crippen molar-refractivity contribution >= 4 is 11.0 Å². The van der Waals surface area contributed by atoms with E-state index in [-0.39, 0.29) is 6.04 Å². The number of imidazole rings is 1. The van der Waals surface area contributed by atoms with Gasteiger partial charge in [-0.3, -0.25) is 0 Å². The molecule has 3 nitrogen and oxygen atoms in total. The highest BCUT2D eigenvalue weighted by Crippen LogP contribution is 2.35. The van der Waals surface area contributed by atoms with Crippen LogP contribution in [-0.4, -0.2) is 15.6 Å². The van der Waals surface area contributed by atoms with E-state index < -0.39 is 0 Å².